The number of para-hydroxylation sites is 2. The second kappa shape index (κ2) is 4.41. The van der Waals surface area contributed by atoms with Crippen LogP contribution in [0.15, 0.2) is 52.9 Å². The van der Waals surface area contributed by atoms with Crippen molar-refractivity contribution in [2.75, 3.05) is 18.5 Å². The summed E-state index contributed by atoms with van der Waals surface area (Å²) in [4.78, 5) is 17.2. The Bertz CT molecular complexity index is 990. The number of hydrogen-bond donors (Lipinski definition) is 0. The van der Waals surface area contributed by atoms with E-state index in [-0.39, 0.29) is 5.91 Å². The summed E-state index contributed by atoms with van der Waals surface area (Å²) in [5.41, 5.74) is 3.23. The van der Waals surface area contributed by atoms with Gasteiger partial charge in [-0.15, -0.1) is 0 Å². The first kappa shape index (κ1) is 13.7. The maximum atomic E-state index is 13.1. The normalized spacial score (nSPS) is 22.3. The second-order valence-electron chi connectivity index (χ2n) is 6.71. The molecule has 0 aliphatic carbocycles. The highest BCUT2D eigenvalue weighted by Gasteiger charge is 2.51. The number of nitrogens with zero attached hydrogens (tertiary/aromatic N) is 2. The van der Waals surface area contributed by atoms with Gasteiger partial charge in [-0.3, -0.25) is 4.79 Å². The van der Waals surface area contributed by atoms with Crippen LogP contribution < -0.4 is 4.90 Å². The van der Waals surface area contributed by atoms with E-state index >= 15 is 0 Å². The van der Waals surface area contributed by atoms with Gasteiger partial charge in [-0.25, -0.2) is 0 Å². The Morgan fingerprint density at radius 3 is 2.71 bits per heavy atom. The van der Waals surface area contributed by atoms with Crippen LogP contribution in [0.25, 0.3) is 11.0 Å². The number of fused-ring (bicyclic) bond motifs is 6. The summed E-state index contributed by atoms with van der Waals surface area (Å²) in [7, 11) is 2.04. The van der Waals surface area contributed by atoms with E-state index in [1.54, 1.807) is 0 Å². The maximum absolute atomic E-state index is 13.1. The quantitative estimate of drug-likeness (QED) is 0.633. The van der Waals surface area contributed by atoms with E-state index in [1.807, 2.05) is 54.4 Å². The third-order valence-corrected chi connectivity index (χ3v) is 5.63. The minimum absolute atomic E-state index is 0.0808. The molecule has 4 nitrogen and oxygen atoms in total. The number of carbonyl (C=O) groups is 1. The number of furan rings is 1. The molecule has 0 bridgehead atoms. The SMILES string of the molecule is CN1c2ccccc2C(=O)N2CCc3c(oc4ccccc34)C21C. The molecule has 24 heavy (non-hydrogen) atoms. The molecule has 1 aromatic heterocycles. The molecule has 3 aromatic rings. The first-order valence-corrected chi connectivity index (χ1v) is 8.28. The third-order valence-electron chi connectivity index (χ3n) is 5.63. The lowest BCUT2D eigenvalue weighted by molar-refractivity contribution is 0.0362. The summed E-state index contributed by atoms with van der Waals surface area (Å²) in [5.74, 6) is 0.970. The first-order chi connectivity index (χ1) is 11.6. The second-order valence-corrected chi connectivity index (χ2v) is 6.71. The molecule has 120 valence electrons. The van der Waals surface area contributed by atoms with Crippen LogP contribution in [0.5, 0.6) is 0 Å². The van der Waals surface area contributed by atoms with Crippen LogP contribution in [0.1, 0.15) is 28.6 Å². The van der Waals surface area contributed by atoms with Gasteiger partial charge in [0.15, 0.2) is 11.4 Å². The van der Waals surface area contributed by atoms with Gasteiger partial charge in [-0.1, -0.05) is 30.3 Å². The lowest BCUT2D eigenvalue weighted by Gasteiger charge is -2.53. The first-order valence-electron chi connectivity index (χ1n) is 8.28. The highest BCUT2D eigenvalue weighted by Crippen LogP contribution is 2.47. The van der Waals surface area contributed by atoms with Crippen molar-refractivity contribution in [3.05, 3.63) is 65.4 Å². The van der Waals surface area contributed by atoms with Gasteiger partial charge >= 0.3 is 0 Å². The molecule has 2 aliphatic heterocycles. The lowest BCUT2D eigenvalue weighted by atomic mass is 9.88. The number of hydrogen-bond acceptors (Lipinski definition) is 3. The highest BCUT2D eigenvalue weighted by atomic mass is 16.3. The minimum atomic E-state index is -0.599. The summed E-state index contributed by atoms with van der Waals surface area (Å²) in [6.45, 7) is 2.78. The van der Waals surface area contributed by atoms with Crippen LogP contribution in [0.2, 0.25) is 0 Å². The van der Waals surface area contributed by atoms with Crippen molar-refractivity contribution in [3.8, 4) is 0 Å². The van der Waals surface area contributed by atoms with Gasteiger partial charge in [0, 0.05) is 24.5 Å². The van der Waals surface area contributed by atoms with Crippen molar-refractivity contribution in [1.82, 2.24) is 4.90 Å². The molecule has 2 aliphatic rings. The van der Waals surface area contributed by atoms with Gasteiger partial charge in [0.05, 0.1) is 11.3 Å². The minimum Gasteiger partial charge on any atom is -0.456 e. The van der Waals surface area contributed by atoms with E-state index < -0.39 is 5.66 Å². The summed E-state index contributed by atoms with van der Waals surface area (Å²) in [5, 5.41) is 1.16. The molecular weight excluding hydrogens is 300 g/mol. The van der Waals surface area contributed by atoms with Crippen LogP contribution >= 0.6 is 0 Å². The Labute approximate surface area is 140 Å². The van der Waals surface area contributed by atoms with E-state index in [0.29, 0.717) is 6.54 Å². The van der Waals surface area contributed by atoms with Crippen LogP contribution in [-0.4, -0.2) is 24.4 Å². The molecule has 1 atom stereocenters. The van der Waals surface area contributed by atoms with E-state index in [0.717, 1.165) is 34.4 Å². The molecule has 1 amide bonds. The molecule has 0 fully saturated rings. The molecule has 0 saturated heterocycles. The fourth-order valence-electron chi connectivity index (χ4n) is 4.25. The molecule has 5 rings (SSSR count). The van der Waals surface area contributed by atoms with Crippen LogP contribution in [0.3, 0.4) is 0 Å². The third kappa shape index (κ3) is 1.46. The fourth-order valence-corrected chi connectivity index (χ4v) is 4.25. The van der Waals surface area contributed by atoms with Gasteiger partial charge in [-0.05, 0) is 31.5 Å². The Morgan fingerprint density at radius 2 is 1.83 bits per heavy atom. The van der Waals surface area contributed by atoms with Gasteiger partial charge in [0.25, 0.3) is 5.91 Å². The van der Waals surface area contributed by atoms with Gasteiger partial charge in [0.1, 0.15) is 5.58 Å². The molecule has 4 heteroatoms. The summed E-state index contributed by atoms with van der Waals surface area (Å²) in [6.07, 6.45) is 0.823. The number of carbonyl (C=O) groups excluding carboxylic acids is 1. The zero-order valence-electron chi connectivity index (χ0n) is 13.7. The molecule has 2 aromatic carbocycles. The Hall–Kier alpha value is -2.75. The topological polar surface area (TPSA) is 36.7 Å². The molecular formula is C20H18N2O2. The molecule has 0 radical (unpaired) electrons. The van der Waals surface area contributed by atoms with Crippen LogP contribution in [0.4, 0.5) is 5.69 Å². The van der Waals surface area contributed by atoms with Gasteiger partial charge in [0.2, 0.25) is 0 Å². The van der Waals surface area contributed by atoms with Crippen LogP contribution in [-0.2, 0) is 12.1 Å². The molecule has 0 saturated carbocycles. The average molecular weight is 318 g/mol. The fraction of sp³-hybridized carbons (Fsp3) is 0.250. The number of benzene rings is 2. The van der Waals surface area contributed by atoms with Crippen molar-refractivity contribution < 1.29 is 9.21 Å². The van der Waals surface area contributed by atoms with Crippen molar-refractivity contribution in [1.29, 1.82) is 0 Å². The summed E-state index contributed by atoms with van der Waals surface area (Å²) >= 11 is 0. The molecule has 0 spiro atoms. The smallest absolute Gasteiger partial charge is 0.258 e. The van der Waals surface area contributed by atoms with Crippen LogP contribution in [0, 0.1) is 0 Å². The van der Waals surface area contributed by atoms with Gasteiger partial charge in [-0.2, -0.15) is 0 Å². The Morgan fingerprint density at radius 1 is 1.08 bits per heavy atom. The lowest BCUT2D eigenvalue weighted by Crippen LogP contribution is -2.62. The Balaban J connectivity index is 1.81. The van der Waals surface area contributed by atoms with Crippen molar-refractivity contribution >= 4 is 22.6 Å². The monoisotopic (exact) mass is 318 g/mol. The molecule has 3 heterocycles. The van der Waals surface area contributed by atoms with Gasteiger partial charge < -0.3 is 14.2 Å². The maximum Gasteiger partial charge on any atom is 0.258 e. The number of amides is 1. The van der Waals surface area contributed by atoms with Crippen molar-refractivity contribution in [2.45, 2.75) is 19.0 Å². The Kier molecular flexibility index (Phi) is 2.51. The predicted octanol–water partition coefficient (Wildman–Crippen LogP) is 3.75. The number of rotatable bonds is 0. The average Bonchev–Trinajstić information content (AvgIpc) is 3.00. The predicted molar refractivity (Wildman–Crippen MR) is 93.2 cm³/mol. The van der Waals surface area contributed by atoms with E-state index in [4.69, 9.17) is 4.42 Å². The zero-order valence-corrected chi connectivity index (χ0v) is 13.7. The molecule has 1 unspecified atom stereocenters. The zero-order chi connectivity index (χ0) is 16.5. The van der Waals surface area contributed by atoms with E-state index in [2.05, 4.69) is 17.9 Å². The van der Waals surface area contributed by atoms with E-state index in [1.165, 1.54) is 5.56 Å². The summed E-state index contributed by atoms with van der Waals surface area (Å²) < 4.78 is 6.26. The van der Waals surface area contributed by atoms with Crippen molar-refractivity contribution in [3.63, 3.8) is 0 Å². The standard InChI is InChI=1S/C20H18N2O2/c1-20-18-14(13-7-4-6-10-17(13)24-18)11-12-22(20)19(23)15-8-3-5-9-16(15)21(20)2/h3-10H,11-12H2,1-2H3. The highest BCUT2D eigenvalue weighted by molar-refractivity contribution is 6.03. The largest absolute Gasteiger partial charge is 0.456 e. The van der Waals surface area contributed by atoms with Crippen molar-refractivity contribution in [2.24, 2.45) is 0 Å². The molecule has 0 N–H and O–H groups in total. The number of anilines is 1. The van der Waals surface area contributed by atoms with E-state index in [9.17, 15) is 4.79 Å². The summed E-state index contributed by atoms with van der Waals surface area (Å²) in [6, 6.07) is 15.9.